The lowest BCUT2D eigenvalue weighted by atomic mass is 10.3. The van der Waals surface area contributed by atoms with Crippen LogP contribution in [-0.2, 0) is 6.54 Å². The molecule has 2 aliphatic rings. The van der Waals surface area contributed by atoms with E-state index in [2.05, 4.69) is 20.0 Å². The highest BCUT2D eigenvalue weighted by molar-refractivity contribution is 5.93. The fourth-order valence-electron chi connectivity index (χ4n) is 2.98. The van der Waals surface area contributed by atoms with Gasteiger partial charge in [-0.05, 0) is 25.2 Å². The first kappa shape index (κ1) is 12.5. The van der Waals surface area contributed by atoms with Crippen molar-refractivity contribution < 1.29 is 4.79 Å². The highest BCUT2D eigenvalue weighted by Gasteiger charge is 2.45. The molecule has 108 valence electrons. The Morgan fingerprint density at radius 1 is 1.24 bits per heavy atom. The van der Waals surface area contributed by atoms with Gasteiger partial charge in [0.1, 0.15) is 5.82 Å². The van der Waals surface area contributed by atoms with Crippen molar-refractivity contribution in [3.05, 3.63) is 36.0 Å². The molecule has 0 N–H and O–H groups in total. The van der Waals surface area contributed by atoms with Crippen molar-refractivity contribution in [2.75, 3.05) is 18.0 Å². The van der Waals surface area contributed by atoms with Crippen molar-refractivity contribution in [3.8, 4) is 0 Å². The number of nitrogens with zero attached hydrogens (tertiary/aromatic N) is 5. The second-order valence-corrected chi connectivity index (χ2v) is 6.01. The first-order valence-corrected chi connectivity index (χ1v) is 7.28. The van der Waals surface area contributed by atoms with E-state index in [1.165, 1.54) is 13.3 Å². The minimum atomic E-state index is 0.0234. The molecule has 2 unspecified atom stereocenters. The van der Waals surface area contributed by atoms with Gasteiger partial charge in [-0.1, -0.05) is 0 Å². The van der Waals surface area contributed by atoms with Gasteiger partial charge in [0.15, 0.2) is 5.78 Å². The molecule has 2 fully saturated rings. The Labute approximate surface area is 122 Å². The highest BCUT2D eigenvalue weighted by Crippen LogP contribution is 2.45. The van der Waals surface area contributed by atoms with Crippen LogP contribution in [0.3, 0.4) is 0 Å². The number of hydrogen-bond acceptors (Lipinski definition) is 5. The van der Waals surface area contributed by atoms with Crippen LogP contribution in [-0.4, -0.2) is 38.6 Å². The molecule has 21 heavy (non-hydrogen) atoms. The maximum absolute atomic E-state index is 11.2. The van der Waals surface area contributed by atoms with E-state index in [9.17, 15) is 4.79 Å². The van der Waals surface area contributed by atoms with E-state index in [1.807, 2.05) is 6.20 Å². The second kappa shape index (κ2) is 4.65. The highest BCUT2D eigenvalue weighted by atomic mass is 16.1. The summed E-state index contributed by atoms with van der Waals surface area (Å²) in [5.74, 6) is 2.77. The third kappa shape index (κ3) is 2.41. The van der Waals surface area contributed by atoms with Crippen molar-refractivity contribution in [1.82, 2.24) is 19.7 Å². The second-order valence-electron chi connectivity index (χ2n) is 6.01. The van der Waals surface area contributed by atoms with Gasteiger partial charge in [0.2, 0.25) is 0 Å². The Morgan fingerprint density at radius 3 is 2.67 bits per heavy atom. The van der Waals surface area contributed by atoms with Crippen molar-refractivity contribution in [1.29, 1.82) is 0 Å². The third-order valence-electron chi connectivity index (χ3n) is 4.36. The van der Waals surface area contributed by atoms with Crippen LogP contribution in [0.2, 0.25) is 0 Å². The van der Waals surface area contributed by atoms with Crippen molar-refractivity contribution in [3.63, 3.8) is 0 Å². The lowest BCUT2D eigenvalue weighted by Crippen LogP contribution is -2.23. The number of rotatable bonds is 4. The molecule has 1 saturated carbocycles. The molecule has 1 saturated heterocycles. The molecular weight excluding hydrogens is 266 g/mol. The zero-order valence-corrected chi connectivity index (χ0v) is 11.9. The van der Waals surface area contributed by atoms with E-state index in [1.54, 1.807) is 23.3 Å². The van der Waals surface area contributed by atoms with Crippen LogP contribution in [0.1, 0.15) is 29.4 Å². The summed E-state index contributed by atoms with van der Waals surface area (Å²) in [6, 6.07) is 0. The van der Waals surface area contributed by atoms with Crippen molar-refractivity contribution in [2.45, 2.75) is 19.9 Å². The van der Waals surface area contributed by atoms with E-state index in [-0.39, 0.29) is 5.78 Å². The van der Waals surface area contributed by atoms with Crippen LogP contribution in [0, 0.1) is 11.8 Å². The van der Waals surface area contributed by atoms with Gasteiger partial charge in [-0.2, -0.15) is 5.10 Å². The van der Waals surface area contributed by atoms with Gasteiger partial charge in [-0.3, -0.25) is 14.5 Å². The van der Waals surface area contributed by atoms with Gasteiger partial charge in [-0.25, -0.2) is 4.98 Å². The van der Waals surface area contributed by atoms with Crippen molar-refractivity contribution >= 4 is 11.6 Å². The zero-order valence-electron chi connectivity index (χ0n) is 11.9. The molecule has 2 aromatic rings. The zero-order chi connectivity index (χ0) is 14.4. The average molecular weight is 283 g/mol. The Morgan fingerprint density at radius 2 is 2.05 bits per heavy atom. The normalized spacial score (nSPS) is 23.2. The van der Waals surface area contributed by atoms with E-state index < -0.39 is 0 Å². The largest absolute Gasteiger partial charge is 0.355 e. The fraction of sp³-hybridized carbons (Fsp3) is 0.467. The Bertz CT molecular complexity index is 668. The summed E-state index contributed by atoms with van der Waals surface area (Å²) in [6.07, 6.45) is 8.36. The predicted octanol–water partition coefficient (Wildman–Crippen LogP) is 1.38. The number of carbonyl (C=O) groups excluding carboxylic acids is 1. The van der Waals surface area contributed by atoms with E-state index in [4.69, 9.17) is 0 Å². The quantitative estimate of drug-likeness (QED) is 0.793. The lowest BCUT2D eigenvalue weighted by molar-refractivity contribution is 0.101. The monoisotopic (exact) mass is 283 g/mol. The first-order valence-electron chi connectivity index (χ1n) is 7.28. The SMILES string of the molecule is CC(=O)c1cnn(Cc2cnc(N3CC4CC4C3)cn2)c1. The summed E-state index contributed by atoms with van der Waals surface area (Å²) in [5.41, 5.74) is 1.47. The number of Topliss-reactive ketones (excluding diaryl/α,β-unsaturated/α-hetero) is 1. The number of aromatic nitrogens is 4. The molecule has 0 spiro atoms. The number of anilines is 1. The molecule has 0 amide bonds. The van der Waals surface area contributed by atoms with Gasteiger partial charge in [0.25, 0.3) is 0 Å². The standard InChI is InChI=1S/C15H17N5O/c1-10(21)13-3-18-20(8-13)9-14-4-17-15(5-16-14)19-6-11-2-12(11)7-19/h3-5,8,11-12H,2,6-7,9H2,1H3. The molecule has 0 radical (unpaired) electrons. The predicted molar refractivity (Wildman–Crippen MR) is 77.2 cm³/mol. The van der Waals surface area contributed by atoms with Crippen LogP contribution in [0.25, 0.3) is 0 Å². The van der Waals surface area contributed by atoms with Crippen LogP contribution in [0.4, 0.5) is 5.82 Å². The fourth-order valence-corrected chi connectivity index (χ4v) is 2.98. The minimum absolute atomic E-state index is 0.0234. The van der Waals surface area contributed by atoms with Gasteiger partial charge in [0.05, 0.1) is 36.4 Å². The maximum atomic E-state index is 11.2. The Balaban J connectivity index is 1.44. The Hall–Kier alpha value is -2.24. The van der Waals surface area contributed by atoms with Gasteiger partial charge in [0, 0.05) is 19.3 Å². The number of fused-ring (bicyclic) bond motifs is 1. The first-order chi connectivity index (χ1) is 10.2. The van der Waals surface area contributed by atoms with E-state index >= 15 is 0 Å². The molecule has 4 rings (SSSR count). The molecule has 0 bridgehead atoms. The van der Waals surface area contributed by atoms with Gasteiger partial charge >= 0.3 is 0 Å². The molecule has 2 aromatic heterocycles. The van der Waals surface area contributed by atoms with Crippen LogP contribution in [0.15, 0.2) is 24.8 Å². The molecule has 1 aliphatic heterocycles. The van der Waals surface area contributed by atoms with Crippen molar-refractivity contribution in [2.24, 2.45) is 11.8 Å². The van der Waals surface area contributed by atoms with E-state index in [0.29, 0.717) is 12.1 Å². The number of carbonyl (C=O) groups is 1. The summed E-state index contributed by atoms with van der Waals surface area (Å²) in [6.45, 7) is 4.32. The smallest absolute Gasteiger partial charge is 0.162 e. The lowest BCUT2D eigenvalue weighted by Gasteiger charge is -2.18. The molecular formula is C15H17N5O. The summed E-state index contributed by atoms with van der Waals surface area (Å²) in [5, 5.41) is 4.17. The number of hydrogen-bond donors (Lipinski definition) is 0. The van der Waals surface area contributed by atoms with Gasteiger partial charge < -0.3 is 4.90 Å². The third-order valence-corrected chi connectivity index (χ3v) is 4.36. The van der Waals surface area contributed by atoms with Crippen LogP contribution in [0.5, 0.6) is 0 Å². The van der Waals surface area contributed by atoms with Crippen LogP contribution >= 0.6 is 0 Å². The molecule has 3 heterocycles. The molecule has 6 heteroatoms. The summed E-state index contributed by atoms with van der Waals surface area (Å²) < 4.78 is 1.71. The maximum Gasteiger partial charge on any atom is 0.162 e. The Kier molecular flexibility index (Phi) is 2.77. The summed E-state index contributed by atoms with van der Waals surface area (Å²) in [7, 11) is 0. The summed E-state index contributed by atoms with van der Waals surface area (Å²) in [4.78, 5) is 22.5. The topological polar surface area (TPSA) is 63.9 Å². The van der Waals surface area contributed by atoms with E-state index in [0.717, 1.165) is 36.4 Å². The van der Waals surface area contributed by atoms with Crippen LogP contribution < -0.4 is 4.90 Å². The minimum Gasteiger partial charge on any atom is -0.355 e. The molecule has 6 nitrogen and oxygen atoms in total. The summed E-state index contributed by atoms with van der Waals surface area (Å²) >= 11 is 0. The molecule has 1 aliphatic carbocycles. The average Bonchev–Trinajstić information content (AvgIpc) is 2.90. The molecule has 2 atom stereocenters. The molecule has 0 aromatic carbocycles. The number of piperidine rings is 1. The van der Waals surface area contributed by atoms with Gasteiger partial charge in [-0.15, -0.1) is 0 Å². The number of ketones is 1.